The summed E-state index contributed by atoms with van der Waals surface area (Å²) in [7, 11) is 2.17. The molecule has 5 heteroatoms. The number of halogens is 1. The van der Waals surface area contributed by atoms with E-state index in [4.69, 9.17) is 5.10 Å². The lowest BCUT2D eigenvalue weighted by Crippen LogP contribution is -2.44. The van der Waals surface area contributed by atoms with Gasteiger partial charge in [-0.05, 0) is 42.4 Å². The highest BCUT2D eigenvalue weighted by molar-refractivity contribution is 5.77. The smallest absolute Gasteiger partial charge is 0.123 e. The summed E-state index contributed by atoms with van der Waals surface area (Å²) < 4.78 is 15.6. The van der Waals surface area contributed by atoms with E-state index in [-0.39, 0.29) is 5.82 Å². The summed E-state index contributed by atoms with van der Waals surface area (Å²) in [4.78, 5) is 4.78. The van der Waals surface area contributed by atoms with E-state index >= 15 is 0 Å². The average Bonchev–Trinajstić information content (AvgIpc) is 3.25. The maximum absolute atomic E-state index is 13.6. The Labute approximate surface area is 182 Å². The Hall–Kier alpha value is -3.44. The largest absolute Gasteiger partial charge is 0.366 e. The number of nitrogens with zero attached hydrogens (tertiary/aromatic N) is 4. The molecule has 0 radical (unpaired) electrons. The summed E-state index contributed by atoms with van der Waals surface area (Å²) in [5, 5.41) is 4.77. The number of aromatic nitrogens is 2. The van der Waals surface area contributed by atoms with E-state index < -0.39 is 0 Å². The Morgan fingerprint density at radius 3 is 2.16 bits per heavy atom. The van der Waals surface area contributed by atoms with E-state index in [2.05, 4.69) is 41.1 Å². The average molecular weight is 413 g/mol. The second kappa shape index (κ2) is 8.36. The molecule has 0 spiro atoms. The molecular weight excluding hydrogens is 387 g/mol. The molecule has 1 aromatic heterocycles. The SMILES string of the molecule is CN1CCN(c2cnn(-c3ccc(-c4cccc(F)c4)cc3)c2-c2ccccc2)CC1. The van der Waals surface area contributed by atoms with Gasteiger partial charge < -0.3 is 9.80 Å². The fourth-order valence-corrected chi connectivity index (χ4v) is 4.14. The second-order valence-electron chi connectivity index (χ2n) is 8.00. The molecule has 4 aromatic rings. The molecule has 5 rings (SSSR count). The molecule has 0 N–H and O–H groups in total. The fraction of sp³-hybridized carbons (Fsp3) is 0.192. The van der Waals surface area contributed by atoms with E-state index in [9.17, 15) is 4.39 Å². The highest BCUT2D eigenvalue weighted by Crippen LogP contribution is 2.34. The van der Waals surface area contributed by atoms with Gasteiger partial charge in [-0.3, -0.25) is 0 Å². The lowest BCUT2D eigenvalue weighted by molar-refractivity contribution is 0.313. The summed E-state index contributed by atoms with van der Waals surface area (Å²) >= 11 is 0. The molecule has 31 heavy (non-hydrogen) atoms. The van der Waals surface area contributed by atoms with Crippen molar-refractivity contribution in [3.8, 4) is 28.1 Å². The molecule has 1 aliphatic heterocycles. The predicted octanol–water partition coefficient (Wildman–Crippen LogP) is 5.10. The van der Waals surface area contributed by atoms with Crippen LogP contribution in [0.25, 0.3) is 28.1 Å². The van der Waals surface area contributed by atoms with Crippen molar-refractivity contribution in [2.45, 2.75) is 0 Å². The Morgan fingerprint density at radius 2 is 1.45 bits per heavy atom. The number of rotatable bonds is 4. The summed E-state index contributed by atoms with van der Waals surface area (Å²) in [5.41, 5.74) is 6.24. The maximum Gasteiger partial charge on any atom is 0.123 e. The van der Waals surface area contributed by atoms with E-state index in [1.165, 1.54) is 6.07 Å². The number of benzene rings is 3. The zero-order chi connectivity index (χ0) is 21.2. The Bertz CT molecular complexity index is 1160. The van der Waals surface area contributed by atoms with Crippen LogP contribution in [0, 0.1) is 5.82 Å². The zero-order valence-corrected chi connectivity index (χ0v) is 17.6. The van der Waals surface area contributed by atoms with Crippen LogP contribution in [0.5, 0.6) is 0 Å². The second-order valence-corrected chi connectivity index (χ2v) is 8.00. The first-order chi connectivity index (χ1) is 15.2. The van der Waals surface area contributed by atoms with E-state index in [0.717, 1.165) is 59.9 Å². The van der Waals surface area contributed by atoms with Crippen molar-refractivity contribution >= 4 is 5.69 Å². The first-order valence-corrected chi connectivity index (χ1v) is 10.6. The van der Waals surface area contributed by atoms with Crippen LogP contribution < -0.4 is 4.90 Å². The topological polar surface area (TPSA) is 24.3 Å². The molecule has 4 nitrogen and oxygen atoms in total. The number of hydrogen-bond donors (Lipinski definition) is 0. The van der Waals surface area contributed by atoms with E-state index in [0.29, 0.717) is 0 Å². The van der Waals surface area contributed by atoms with Crippen molar-refractivity contribution in [1.82, 2.24) is 14.7 Å². The van der Waals surface area contributed by atoms with Crippen LogP contribution in [0.1, 0.15) is 0 Å². The van der Waals surface area contributed by atoms with Gasteiger partial charge in [0.1, 0.15) is 5.82 Å². The summed E-state index contributed by atoms with van der Waals surface area (Å²) in [6.07, 6.45) is 1.98. The molecule has 1 fully saturated rings. The predicted molar refractivity (Wildman–Crippen MR) is 124 cm³/mol. The lowest BCUT2D eigenvalue weighted by Gasteiger charge is -2.34. The molecule has 3 aromatic carbocycles. The van der Waals surface area contributed by atoms with Crippen molar-refractivity contribution in [3.63, 3.8) is 0 Å². The maximum atomic E-state index is 13.6. The van der Waals surface area contributed by atoms with Crippen molar-refractivity contribution < 1.29 is 4.39 Å². The van der Waals surface area contributed by atoms with Crippen molar-refractivity contribution in [1.29, 1.82) is 0 Å². The number of hydrogen-bond acceptors (Lipinski definition) is 3. The van der Waals surface area contributed by atoms with Gasteiger partial charge in [0.15, 0.2) is 0 Å². The van der Waals surface area contributed by atoms with Gasteiger partial charge in [-0.15, -0.1) is 0 Å². The van der Waals surface area contributed by atoms with Crippen LogP contribution in [0.3, 0.4) is 0 Å². The molecule has 0 unspecified atom stereocenters. The Morgan fingerprint density at radius 1 is 0.742 bits per heavy atom. The summed E-state index contributed by atoms with van der Waals surface area (Å²) in [5.74, 6) is -0.225. The molecule has 0 amide bonds. The summed E-state index contributed by atoms with van der Waals surface area (Å²) in [6.45, 7) is 4.06. The zero-order valence-electron chi connectivity index (χ0n) is 17.6. The minimum absolute atomic E-state index is 0.225. The van der Waals surface area contributed by atoms with Crippen LogP contribution in [-0.2, 0) is 0 Å². The van der Waals surface area contributed by atoms with Crippen molar-refractivity contribution in [2.75, 3.05) is 38.1 Å². The van der Waals surface area contributed by atoms with Gasteiger partial charge in [-0.25, -0.2) is 9.07 Å². The van der Waals surface area contributed by atoms with E-state index in [1.807, 2.05) is 47.3 Å². The quantitative estimate of drug-likeness (QED) is 0.466. The third-order valence-electron chi connectivity index (χ3n) is 5.91. The highest BCUT2D eigenvalue weighted by atomic mass is 19.1. The van der Waals surface area contributed by atoms with Crippen LogP contribution >= 0.6 is 0 Å². The minimum atomic E-state index is -0.225. The molecular formula is C26H25FN4. The van der Waals surface area contributed by atoms with Crippen LogP contribution in [-0.4, -0.2) is 47.9 Å². The normalized spacial score (nSPS) is 14.7. The molecule has 0 aliphatic carbocycles. The standard InChI is InChI=1S/C26H25FN4/c1-29-14-16-30(17-15-29)25-19-28-31(26(25)21-6-3-2-4-7-21)24-12-10-20(11-13-24)22-8-5-9-23(27)18-22/h2-13,18-19H,14-17H2,1H3. The molecule has 0 atom stereocenters. The fourth-order valence-electron chi connectivity index (χ4n) is 4.14. The molecule has 1 aliphatic rings. The van der Waals surface area contributed by atoms with Gasteiger partial charge in [0.25, 0.3) is 0 Å². The monoisotopic (exact) mass is 412 g/mol. The highest BCUT2D eigenvalue weighted by Gasteiger charge is 2.22. The van der Waals surface area contributed by atoms with Gasteiger partial charge in [-0.1, -0.05) is 54.6 Å². The Kier molecular flexibility index (Phi) is 5.26. The van der Waals surface area contributed by atoms with Crippen molar-refractivity contribution in [3.05, 3.63) is 90.9 Å². The molecule has 156 valence electrons. The molecule has 1 saturated heterocycles. The van der Waals surface area contributed by atoms with Crippen molar-refractivity contribution in [2.24, 2.45) is 0 Å². The van der Waals surface area contributed by atoms with E-state index in [1.54, 1.807) is 12.1 Å². The molecule has 0 saturated carbocycles. The van der Waals surface area contributed by atoms with Crippen LogP contribution in [0.4, 0.5) is 10.1 Å². The van der Waals surface area contributed by atoms with Gasteiger partial charge >= 0.3 is 0 Å². The first-order valence-electron chi connectivity index (χ1n) is 10.6. The number of anilines is 1. The Balaban J connectivity index is 1.54. The number of likely N-dealkylation sites (N-methyl/N-ethyl adjacent to an activating group) is 1. The summed E-state index contributed by atoms with van der Waals surface area (Å²) in [6, 6.07) is 25.3. The van der Waals surface area contributed by atoms with Gasteiger partial charge in [0.2, 0.25) is 0 Å². The van der Waals surface area contributed by atoms with Crippen LogP contribution in [0.15, 0.2) is 85.1 Å². The first kappa shape index (κ1) is 19.5. The van der Waals surface area contributed by atoms with Gasteiger partial charge in [0.05, 0.1) is 23.3 Å². The van der Waals surface area contributed by atoms with Crippen LogP contribution in [0.2, 0.25) is 0 Å². The minimum Gasteiger partial charge on any atom is -0.366 e. The molecule has 0 bridgehead atoms. The third-order valence-corrected chi connectivity index (χ3v) is 5.91. The van der Waals surface area contributed by atoms with Gasteiger partial charge in [-0.2, -0.15) is 5.10 Å². The van der Waals surface area contributed by atoms with Gasteiger partial charge in [0, 0.05) is 31.7 Å². The number of piperazine rings is 1. The lowest BCUT2D eigenvalue weighted by atomic mass is 10.1. The molecule has 2 heterocycles. The third kappa shape index (κ3) is 3.97.